The van der Waals surface area contributed by atoms with Gasteiger partial charge in [-0.1, -0.05) is 13.8 Å². The van der Waals surface area contributed by atoms with Crippen molar-refractivity contribution in [2.24, 2.45) is 11.8 Å². The number of rotatable bonds is 5. The molecular weight excluding hydrogens is 258 g/mol. The molecule has 1 saturated carbocycles. The summed E-state index contributed by atoms with van der Waals surface area (Å²) < 4.78 is 19.9. The van der Waals surface area contributed by atoms with Crippen LogP contribution in [-0.2, 0) is 20.7 Å². The summed E-state index contributed by atoms with van der Waals surface area (Å²) in [4.78, 5) is 22.8. The number of aliphatic carboxylic acids is 1. The first-order valence-electron chi connectivity index (χ1n) is 5.95. The second-order valence-corrected chi connectivity index (χ2v) is 6.20. The number of hydrogen-bond acceptors (Lipinski definition) is 3. The highest BCUT2D eigenvalue weighted by molar-refractivity contribution is 7.79. The first kappa shape index (κ1) is 15.1. The van der Waals surface area contributed by atoms with Crippen molar-refractivity contribution < 1.29 is 23.5 Å². The van der Waals surface area contributed by atoms with E-state index in [9.17, 15) is 13.8 Å². The molecule has 4 unspecified atom stereocenters. The lowest BCUT2D eigenvalue weighted by Crippen LogP contribution is -2.46. The third-order valence-corrected chi connectivity index (χ3v) is 4.27. The Hall–Kier alpha value is -0.950. The van der Waals surface area contributed by atoms with Crippen LogP contribution in [0.2, 0.25) is 0 Å². The van der Waals surface area contributed by atoms with Crippen molar-refractivity contribution in [3.05, 3.63) is 0 Å². The molecule has 0 heterocycles. The number of carboxylic acids is 1. The summed E-state index contributed by atoms with van der Waals surface area (Å²) in [5, 5.41) is 11.1. The fourth-order valence-electron chi connectivity index (χ4n) is 2.15. The van der Waals surface area contributed by atoms with Crippen LogP contribution < -0.4 is 5.32 Å². The molecule has 18 heavy (non-hydrogen) atoms. The van der Waals surface area contributed by atoms with E-state index in [1.807, 2.05) is 0 Å². The number of amides is 1. The van der Waals surface area contributed by atoms with Gasteiger partial charge in [0.1, 0.15) is 6.04 Å². The molecular formula is C11H19NO5S. The maximum atomic E-state index is 11.9. The highest BCUT2D eigenvalue weighted by atomic mass is 32.2. The van der Waals surface area contributed by atoms with Gasteiger partial charge in [0.25, 0.3) is 0 Å². The average Bonchev–Trinajstić information content (AvgIpc) is 2.73. The second kappa shape index (κ2) is 6.29. The third-order valence-electron chi connectivity index (χ3n) is 3.27. The quantitative estimate of drug-likeness (QED) is 0.638. The Kier molecular flexibility index (Phi) is 5.28. The predicted octanol–water partition coefficient (Wildman–Crippen LogP) is 0.602. The number of carbonyl (C=O) groups excluding carboxylic acids is 1. The Bertz CT molecular complexity index is 357. The summed E-state index contributed by atoms with van der Waals surface area (Å²) in [5.41, 5.74) is 0. The summed E-state index contributed by atoms with van der Waals surface area (Å²) in [7, 11) is 0. The minimum Gasteiger partial charge on any atom is -0.480 e. The van der Waals surface area contributed by atoms with Crippen LogP contribution in [-0.4, -0.2) is 37.0 Å². The molecule has 1 aliphatic rings. The normalized spacial score (nSPS) is 26.9. The van der Waals surface area contributed by atoms with E-state index in [0.717, 1.165) is 0 Å². The van der Waals surface area contributed by atoms with Crippen molar-refractivity contribution in [2.45, 2.75) is 44.4 Å². The van der Waals surface area contributed by atoms with E-state index in [1.54, 1.807) is 13.8 Å². The van der Waals surface area contributed by atoms with Crippen molar-refractivity contribution in [1.29, 1.82) is 0 Å². The minimum atomic E-state index is -1.90. The molecule has 1 rings (SSSR count). The molecule has 0 aliphatic heterocycles. The van der Waals surface area contributed by atoms with Crippen molar-refractivity contribution in [2.75, 3.05) is 0 Å². The zero-order valence-electron chi connectivity index (χ0n) is 10.5. The van der Waals surface area contributed by atoms with Crippen LogP contribution in [0.1, 0.15) is 33.1 Å². The summed E-state index contributed by atoms with van der Waals surface area (Å²) >= 11 is -1.90. The van der Waals surface area contributed by atoms with Gasteiger partial charge in [0.15, 0.2) is 11.1 Å². The monoisotopic (exact) mass is 277 g/mol. The van der Waals surface area contributed by atoms with Crippen LogP contribution in [0.15, 0.2) is 0 Å². The van der Waals surface area contributed by atoms with Crippen LogP contribution in [0.3, 0.4) is 0 Å². The Morgan fingerprint density at radius 1 is 1.33 bits per heavy atom. The Labute approximate surface area is 108 Å². The van der Waals surface area contributed by atoms with Gasteiger partial charge in [0.2, 0.25) is 5.91 Å². The van der Waals surface area contributed by atoms with E-state index in [0.29, 0.717) is 19.3 Å². The molecule has 0 aromatic rings. The Morgan fingerprint density at radius 3 is 2.33 bits per heavy atom. The van der Waals surface area contributed by atoms with E-state index in [1.165, 1.54) is 0 Å². The van der Waals surface area contributed by atoms with E-state index in [4.69, 9.17) is 9.66 Å². The standard InChI is InChI=1S/C11H19NO5S/c1-6(2)9(11(14)15)12-10(13)7-3-4-8(5-7)18(16)17/h6-9H,3-5H2,1-2H3,(H,12,13)(H,14,15)(H,16,17). The molecule has 0 bridgehead atoms. The maximum absolute atomic E-state index is 11.9. The van der Waals surface area contributed by atoms with E-state index in [2.05, 4.69) is 5.32 Å². The predicted molar refractivity (Wildman–Crippen MR) is 66.3 cm³/mol. The largest absolute Gasteiger partial charge is 0.480 e. The van der Waals surface area contributed by atoms with Gasteiger partial charge in [-0.15, -0.1) is 0 Å². The molecule has 1 fully saturated rings. The zero-order chi connectivity index (χ0) is 13.9. The van der Waals surface area contributed by atoms with Gasteiger partial charge in [0, 0.05) is 5.92 Å². The van der Waals surface area contributed by atoms with Gasteiger partial charge in [-0.3, -0.25) is 4.79 Å². The Morgan fingerprint density at radius 2 is 1.94 bits per heavy atom. The molecule has 0 spiro atoms. The first-order chi connectivity index (χ1) is 8.32. The molecule has 7 heteroatoms. The minimum absolute atomic E-state index is 0.198. The van der Waals surface area contributed by atoms with Crippen LogP contribution in [0.4, 0.5) is 0 Å². The summed E-state index contributed by atoms with van der Waals surface area (Å²) in [6.45, 7) is 3.44. The van der Waals surface area contributed by atoms with Crippen molar-refractivity contribution >= 4 is 23.0 Å². The number of nitrogens with one attached hydrogen (secondary N) is 1. The fraction of sp³-hybridized carbons (Fsp3) is 0.818. The SMILES string of the molecule is CC(C)C(NC(=O)C1CCC(S(=O)O)C1)C(=O)O. The smallest absolute Gasteiger partial charge is 0.326 e. The highest BCUT2D eigenvalue weighted by Crippen LogP contribution is 2.29. The Balaban J connectivity index is 2.56. The summed E-state index contributed by atoms with van der Waals surface area (Å²) in [5.74, 6) is -1.94. The van der Waals surface area contributed by atoms with Crippen LogP contribution in [0.25, 0.3) is 0 Å². The van der Waals surface area contributed by atoms with Gasteiger partial charge < -0.3 is 15.0 Å². The van der Waals surface area contributed by atoms with Crippen molar-refractivity contribution in [1.82, 2.24) is 5.32 Å². The lowest BCUT2D eigenvalue weighted by molar-refractivity contribution is -0.143. The van der Waals surface area contributed by atoms with Gasteiger partial charge in [-0.25, -0.2) is 9.00 Å². The second-order valence-electron chi connectivity index (χ2n) is 4.98. The van der Waals surface area contributed by atoms with Crippen LogP contribution in [0, 0.1) is 11.8 Å². The van der Waals surface area contributed by atoms with Crippen molar-refractivity contribution in [3.63, 3.8) is 0 Å². The molecule has 1 aliphatic carbocycles. The van der Waals surface area contributed by atoms with E-state index >= 15 is 0 Å². The molecule has 4 atom stereocenters. The van der Waals surface area contributed by atoms with Crippen LogP contribution in [0.5, 0.6) is 0 Å². The zero-order valence-corrected chi connectivity index (χ0v) is 11.3. The molecule has 104 valence electrons. The number of hydrogen-bond donors (Lipinski definition) is 3. The fourth-order valence-corrected chi connectivity index (χ4v) is 2.88. The van der Waals surface area contributed by atoms with E-state index < -0.39 is 23.1 Å². The number of carboxylic acid groups (broad SMARTS) is 1. The molecule has 3 N–H and O–H groups in total. The molecule has 1 amide bonds. The van der Waals surface area contributed by atoms with Gasteiger partial charge in [-0.2, -0.15) is 0 Å². The topological polar surface area (TPSA) is 104 Å². The average molecular weight is 277 g/mol. The van der Waals surface area contributed by atoms with Gasteiger partial charge in [0.05, 0.1) is 5.25 Å². The number of carbonyl (C=O) groups is 2. The lowest BCUT2D eigenvalue weighted by atomic mass is 10.0. The lowest BCUT2D eigenvalue weighted by Gasteiger charge is -2.20. The van der Waals surface area contributed by atoms with Gasteiger partial charge >= 0.3 is 5.97 Å². The van der Waals surface area contributed by atoms with Crippen molar-refractivity contribution in [3.8, 4) is 0 Å². The maximum Gasteiger partial charge on any atom is 0.326 e. The molecule has 6 nitrogen and oxygen atoms in total. The van der Waals surface area contributed by atoms with Crippen LogP contribution >= 0.6 is 0 Å². The molecule has 0 aromatic heterocycles. The molecule has 0 saturated heterocycles. The van der Waals surface area contributed by atoms with E-state index in [-0.39, 0.29) is 23.0 Å². The third kappa shape index (κ3) is 3.78. The highest BCUT2D eigenvalue weighted by Gasteiger charge is 2.35. The molecule has 0 radical (unpaired) electrons. The summed E-state index contributed by atoms with van der Waals surface area (Å²) in [6.07, 6.45) is 1.41. The summed E-state index contributed by atoms with van der Waals surface area (Å²) in [6, 6.07) is -0.906. The first-order valence-corrected chi connectivity index (χ1v) is 7.12. The van der Waals surface area contributed by atoms with Gasteiger partial charge in [-0.05, 0) is 25.2 Å². The molecule has 0 aromatic carbocycles.